The molecule has 2 rings (SSSR count). The summed E-state index contributed by atoms with van der Waals surface area (Å²) in [6.07, 6.45) is 3.27. The lowest BCUT2D eigenvalue weighted by atomic mass is 10.3. The standard InChI is InChI=1S/C9H9N3O/c1-13-7-6-12-9-5-3-2-4-8(9)10-11-12/h2-7H,1H3. The predicted molar refractivity (Wildman–Crippen MR) is 49.9 cm³/mol. The van der Waals surface area contributed by atoms with E-state index in [2.05, 4.69) is 10.3 Å². The van der Waals surface area contributed by atoms with Crippen LogP contribution in [-0.2, 0) is 4.74 Å². The monoisotopic (exact) mass is 175 g/mol. The van der Waals surface area contributed by atoms with Crippen LogP contribution in [0.2, 0.25) is 0 Å². The van der Waals surface area contributed by atoms with E-state index in [-0.39, 0.29) is 0 Å². The molecule has 0 aliphatic rings. The van der Waals surface area contributed by atoms with Crippen molar-refractivity contribution in [2.45, 2.75) is 0 Å². The van der Waals surface area contributed by atoms with Crippen molar-refractivity contribution in [1.82, 2.24) is 15.0 Å². The average Bonchev–Trinajstić information content (AvgIpc) is 2.58. The minimum Gasteiger partial charge on any atom is -0.503 e. The molecular weight excluding hydrogens is 166 g/mol. The highest BCUT2D eigenvalue weighted by molar-refractivity contribution is 5.75. The first-order chi connectivity index (χ1) is 6.42. The Morgan fingerprint density at radius 1 is 1.38 bits per heavy atom. The van der Waals surface area contributed by atoms with Gasteiger partial charge in [0.1, 0.15) is 11.8 Å². The van der Waals surface area contributed by atoms with E-state index in [0.717, 1.165) is 11.0 Å². The Morgan fingerprint density at radius 2 is 2.23 bits per heavy atom. The molecule has 4 nitrogen and oxygen atoms in total. The summed E-state index contributed by atoms with van der Waals surface area (Å²) in [5, 5.41) is 7.91. The van der Waals surface area contributed by atoms with Gasteiger partial charge in [0, 0.05) is 0 Å². The van der Waals surface area contributed by atoms with Crippen molar-refractivity contribution in [1.29, 1.82) is 0 Å². The number of ether oxygens (including phenoxy) is 1. The maximum absolute atomic E-state index is 4.79. The van der Waals surface area contributed by atoms with E-state index in [9.17, 15) is 0 Å². The number of para-hydroxylation sites is 1. The molecule has 0 amide bonds. The molecule has 1 aromatic carbocycles. The zero-order valence-electron chi connectivity index (χ0n) is 7.21. The summed E-state index contributed by atoms with van der Waals surface area (Å²) in [4.78, 5) is 0. The van der Waals surface area contributed by atoms with Crippen molar-refractivity contribution < 1.29 is 4.74 Å². The van der Waals surface area contributed by atoms with Crippen molar-refractivity contribution in [3.8, 4) is 0 Å². The molecule has 2 aromatic rings. The highest BCUT2D eigenvalue weighted by Crippen LogP contribution is 2.09. The van der Waals surface area contributed by atoms with E-state index in [4.69, 9.17) is 4.74 Å². The van der Waals surface area contributed by atoms with E-state index >= 15 is 0 Å². The van der Waals surface area contributed by atoms with Crippen molar-refractivity contribution in [3.63, 3.8) is 0 Å². The topological polar surface area (TPSA) is 39.9 Å². The molecule has 1 heterocycles. The third-order valence-corrected chi connectivity index (χ3v) is 1.72. The Morgan fingerprint density at radius 3 is 3.08 bits per heavy atom. The molecule has 66 valence electrons. The summed E-state index contributed by atoms with van der Waals surface area (Å²) in [5.74, 6) is 0. The minimum absolute atomic E-state index is 0.878. The molecule has 0 aliphatic heterocycles. The molecule has 0 radical (unpaired) electrons. The van der Waals surface area contributed by atoms with Gasteiger partial charge >= 0.3 is 0 Å². The van der Waals surface area contributed by atoms with Crippen LogP contribution < -0.4 is 0 Å². The average molecular weight is 175 g/mol. The summed E-state index contributed by atoms with van der Waals surface area (Å²) < 4.78 is 6.46. The van der Waals surface area contributed by atoms with Crippen LogP contribution in [0.25, 0.3) is 17.2 Å². The molecule has 4 heteroatoms. The van der Waals surface area contributed by atoms with E-state index in [0.29, 0.717) is 0 Å². The van der Waals surface area contributed by atoms with Crippen LogP contribution in [0.5, 0.6) is 0 Å². The van der Waals surface area contributed by atoms with E-state index in [1.54, 1.807) is 24.3 Å². The van der Waals surface area contributed by atoms with Crippen molar-refractivity contribution in [2.24, 2.45) is 0 Å². The van der Waals surface area contributed by atoms with Crippen LogP contribution in [-0.4, -0.2) is 22.1 Å². The van der Waals surface area contributed by atoms with Crippen LogP contribution in [0.3, 0.4) is 0 Å². The molecule has 0 saturated carbocycles. The second kappa shape index (κ2) is 3.26. The van der Waals surface area contributed by atoms with Gasteiger partial charge < -0.3 is 4.74 Å². The molecule has 1 aromatic heterocycles. The summed E-state index contributed by atoms with van der Waals surface area (Å²) in [7, 11) is 1.59. The smallest absolute Gasteiger partial charge is 0.113 e. The van der Waals surface area contributed by atoms with Gasteiger partial charge in [-0.05, 0) is 12.1 Å². The van der Waals surface area contributed by atoms with E-state index < -0.39 is 0 Å². The van der Waals surface area contributed by atoms with Crippen LogP contribution in [0.4, 0.5) is 0 Å². The lowest BCUT2D eigenvalue weighted by Gasteiger charge is -1.91. The number of hydrogen-bond acceptors (Lipinski definition) is 3. The molecule has 0 N–H and O–H groups in total. The zero-order valence-corrected chi connectivity index (χ0v) is 7.21. The molecule has 0 spiro atoms. The Kier molecular flexibility index (Phi) is 1.96. The van der Waals surface area contributed by atoms with Gasteiger partial charge in [0.2, 0.25) is 0 Å². The second-order valence-corrected chi connectivity index (χ2v) is 2.54. The Labute approximate surface area is 75.4 Å². The Balaban J connectivity index is 2.52. The van der Waals surface area contributed by atoms with Gasteiger partial charge in [-0.2, -0.15) is 0 Å². The van der Waals surface area contributed by atoms with E-state index in [1.165, 1.54) is 0 Å². The number of aromatic nitrogens is 3. The fourth-order valence-electron chi connectivity index (χ4n) is 1.12. The van der Waals surface area contributed by atoms with Gasteiger partial charge in [-0.1, -0.05) is 17.3 Å². The normalized spacial score (nSPS) is 11.2. The molecule has 0 saturated heterocycles. The molecule has 0 unspecified atom stereocenters. The van der Waals surface area contributed by atoms with Crippen molar-refractivity contribution in [3.05, 3.63) is 30.5 Å². The van der Waals surface area contributed by atoms with Gasteiger partial charge in [0.05, 0.1) is 18.8 Å². The molecular formula is C9H9N3O. The van der Waals surface area contributed by atoms with Gasteiger partial charge in [0.15, 0.2) is 0 Å². The third kappa shape index (κ3) is 1.38. The van der Waals surface area contributed by atoms with Crippen molar-refractivity contribution in [2.75, 3.05) is 7.11 Å². The molecule has 0 aliphatic carbocycles. The lowest BCUT2D eigenvalue weighted by Crippen LogP contribution is -1.88. The van der Waals surface area contributed by atoms with E-state index in [1.807, 2.05) is 24.3 Å². The molecule has 0 atom stereocenters. The number of methoxy groups -OCH3 is 1. The maximum atomic E-state index is 4.79. The summed E-state index contributed by atoms with van der Waals surface area (Å²) in [6.45, 7) is 0. The fraction of sp³-hybridized carbons (Fsp3) is 0.111. The minimum atomic E-state index is 0.878. The Bertz CT molecular complexity index is 433. The lowest BCUT2D eigenvalue weighted by molar-refractivity contribution is 0.339. The predicted octanol–water partition coefficient (Wildman–Crippen LogP) is 1.51. The first kappa shape index (κ1) is 7.79. The first-order valence-corrected chi connectivity index (χ1v) is 3.91. The van der Waals surface area contributed by atoms with Crippen LogP contribution >= 0.6 is 0 Å². The highest BCUT2D eigenvalue weighted by Gasteiger charge is 1.98. The highest BCUT2D eigenvalue weighted by atomic mass is 16.5. The number of benzene rings is 1. The summed E-state index contributed by atoms with van der Waals surface area (Å²) in [5.41, 5.74) is 1.85. The Hall–Kier alpha value is -1.84. The number of nitrogens with zero attached hydrogens (tertiary/aromatic N) is 3. The molecule has 13 heavy (non-hydrogen) atoms. The largest absolute Gasteiger partial charge is 0.503 e. The van der Waals surface area contributed by atoms with Crippen LogP contribution in [0.1, 0.15) is 0 Å². The number of fused-ring (bicyclic) bond motifs is 1. The number of hydrogen-bond donors (Lipinski definition) is 0. The second-order valence-electron chi connectivity index (χ2n) is 2.54. The van der Waals surface area contributed by atoms with Gasteiger partial charge in [-0.3, -0.25) is 0 Å². The van der Waals surface area contributed by atoms with Gasteiger partial charge in [0.25, 0.3) is 0 Å². The number of rotatable bonds is 2. The maximum Gasteiger partial charge on any atom is 0.113 e. The third-order valence-electron chi connectivity index (χ3n) is 1.72. The van der Waals surface area contributed by atoms with Gasteiger partial charge in [-0.25, -0.2) is 4.68 Å². The molecule has 0 fully saturated rings. The summed E-state index contributed by atoms with van der Waals surface area (Å²) >= 11 is 0. The molecule has 0 bridgehead atoms. The SMILES string of the molecule is COC=Cn1nnc2ccccc21. The van der Waals surface area contributed by atoms with Crippen LogP contribution in [0.15, 0.2) is 30.5 Å². The van der Waals surface area contributed by atoms with Crippen molar-refractivity contribution >= 4 is 17.2 Å². The quantitative estimate of drug-likeness (QED) is 0.649. The van der Waals surface area contributed by atoms with Crippen LogP contribution in [0, 0.1) is 0 Å². The fourth-order valence-corrected chi connectivity index (χ4v) is 1.12. The zero-order chi connectivity index (χ0) is 9.10. The first-order valence-electron chi connectivity index (χ1n) is 3.91. The summed E-state index contributed by atoms with van der Waals surface area (Å²) in [6, 6.07) is 7.75. The van der Waals surface area contributed by atoms with Gasteiger partial charge in [-0.15, -0.1) is 5.10 Å².